The first-order valence-corrected chi connectivity index (χ1v) is 11.6. The number of benzene rings is 2. The van der Waals surface area contributed by atoms with Crippen LogP contribution in [-0.2, 0) is 10.0 Å². The molecular weight excluding hydrogens is 526 g/mol. The number of hydrogen-bond acceptors (Lipinski definition) is 6. The number of alkyl halides is 2. The van der Waals surface area contributed by atoms with Crippen LogP contribution in [0.5, 0.6) is 5.75 Å². The molecule has 14 heteroatoms. The number of sulfonamides is 1. The number of amides is 1. The molecule has 4 rings (SSSR count). The van der Waals surface area contributed by atoms with Crippen LogP contribution in [0, 0.1) is 0 Å². The van der Waals surface area contributed by atoms with Crippen molar-refractivity contribution in [1.29, 1.82) is 0 Å². The van der Waals surface area contributed by atoms with Gasteiger partial charge in [0.25, 0.3) is 5.91 Å². The van der Waals surface area contributed by atoms with Gasteiger partial charge >= 0.3 is 36.2 Å². The van der Waals surface area contributed by atoms with E-state index in [1.807, 2.05) is 0 Å². The minimum absolute atomic E-state index is 0. The molecule has 0 unspecified atom stereocenters. The maximum Gasteiger partial charge on any atom is 1.00 e. The van der Waals surface area contributed by atoms with Gasteiger partial charge < -0.3 is 19.2 Å². The zero-order valence-corrected chi connectivity index (χ0v) is 21.8. The van der Waals surface area contributed by atoms with Crippen molar-refractivity contribution < 1.29 is 60.7 Å². The van der Waals surface area contributed by atoms with Crippen molar-refractivity contribution in [3.63, 3.8) is 0 Å². The summed E-state index contributed by atoms with van der Waals surface area (Å²) in [4.78, 5) is 16.9. The Kier molecular flexibility index (Phi) is 7.96. The molecule has 0 atom stereocenters. The van der Waals surface area contributed by atoms with Crippen LogP contribution in [0.25, 0.3) is 26.7 Å². The van der Waals surface area contributed by atoms with E-state index in [-0.39, 0.29) is 84.2 Å². The minimum atomic E-state index is -3.73. The number of nitrogens with zero attached hydrogens (tertiary/aromatic N) is 2. The third-order valence-electron chi connectivity index (χ3n) is 4.39. The number of pyridine rings is 1. The molecule has 0 aliphatic heterocycles. The third kappa shape index (κ3) is 5.56. The number of aromatic nitrogens is 1. The van der Waals surface area contributed by atoms with Crippen molar-refractivity contribution in [2.75, 3.05) is 11.6 Å². The smallest absolute Gasteiger partial charge is 0.577 e. The molecule has 0 radical (unpaired) electrons. The molecule has 34 heavy (non-hydrogen) atoms. The molecule has 8 nitrogen and oxygen atoms in total. The average molecular weight is 538 g/mol. The molecule has 0 bridgehead atoms. The van der Waals surface area contributed by atoms with Crippen LogP contribution in [0.3, 0.4) is 0 Å². The van der Waals surface area contributed by atoms with Crippen LogP contribution < -0.4 is 39.6 Å². The van der Waals surface area contributed by atoms with Crippen molar-refractivity contribution >= 4 is 72.4 Å². The number of rotatable bonds is 6. The Balaban J connectivity index is 0.00000324. The Hall–Kier alpha value is -2.15. The van der Waals surface area contributed by atoms with E-state index >= 15 is 0 Å². The number of furan rings is 1. The van der Waals surface area contributed by atoms with Crippen molar-refractivity contribution in [3.8, 4) is 5.75 Å². The molecule has 0 saturated carbocycles. The summed E-state index contributed by atoms with van der Waals surface area (Å²) in [6.07, 6.45) is 3.48. The van der Waals surface area contributed by atoms with Crippen LogP contribution in [-0.4, -0.2) is 32.2 Å². The monoisotopic (exact) mass is 537 g/mol. The normalized spacial score (nSPS) is 11.5. The maximum atomic E-state index is 13.1. The number of halogens is 4. The molecule has 0 spiro atoms. The zero-order chi connectivity index (χ0) is 23.9. The Bertz CT molecular complexity index is 1500. The van der Waals surface area contributed by atoms with E-state index in [2.05, 4.69) is 19.8 Å². The molecule has 1 N–H and O–H groups in total. The van der Waals surface area contributed by atoms with Gasteiger partial charge in [-0.1, -0.05) is 35.3 Å². The fourth-order valence-corrected chi connectivity index (χ4v) is 4.14. The van der Waals surface area contributed by atoms with Gasteiger partial charge in [0.05, 0.1) is 31.3 Å². The second-order valence-corrected chi connectivity index (χ2v) is 9.20. The first-order valence-electron chi connectivity index (χ1n) is 9.01. The van der Waals surface area contributed by atoms with E-state index in [9.17, 15) is 22.0 Å². The predicted octanol–water partition coefficient (Wildman–Crippen LogP) is 3.11. The number of anilines is 1. The molecule has 1 amide bonds. The topological polar surface area (TPSA) is 113 Å². The minimum Gasteiger partial charge on any atom is -0.577 e. The van der Waals surface area contributed by atoms with Gasteiger partial charge in [0.15, 0.2) is 11.3 Å². The summed E-state index contributed by atoms with van der Waals surface area (Å²) in [7, 11) is -3.73. The molecule has 0 saturated heterocycles. The van der Waals surface area contributed by atoms with E-state index in [1.165, 1.54) is 36.7 Å². The van der Waals surface area contributed by atoms with Gasteiger partial charge in [0, 0.05) is 29.4 Å². The first kappa shape index (κ1) is 26.5. The van der Waals surface area contributed by atoms with Crippen molar-refractivity contribution in [2.24, 2.45) is 0 Å². The first-order chi connectivity index (χ1) is 15.5. The molecule has 2 aromatic carbocycles. The molecule has 0 aliphatic rings. The van der Waals surface area contributed by atoms with E-state index in [0.717, 1.165) is 12.3 Å². The van der Waals surface area contributed by atoms with Gasteiger partial charge in [-0.05, 0) is 18.2 Å². The van der Waals surface area contributed by atoms with Crippen LogP contribution in [0.4, 0.5) is 20.2 Å². The Morgan fingerprint density at radius 3 is 2.47 bits per heavy atom. The van der Waals surface area contributed by atoms with Crippen LogP contribution in [0.15, 0.2) is 47.1 Å². The van der Waals surface area contributed by atoms with Crippen molar-refractivity contribution in [3.05, 3.63) is 63.1 Å². The number of carbonyl (C=O) groups excluding carboxylic acids is 1. The SMILES string of the molecule is CS(=O)(=O)[N-]c1ccc2oc3c(OC(F)F)ccc(C(=O)Nc4c(Cl)cncc4Cl)c3c2c1.[Na+]. The van der Waals surface area contributed by atoms with Gasteiger partial charge in [-0.25, -0.2) is 8.42 Å². The fraction of sp³-hybridized carbons (Fsp3) is 0.100. The Morgan fingerprint density at radius 2 is 1.85 bits per heavy atom. The predicted molar refractivity (Wildman–Crippen MR) is 120 cm³/mol. The molecule has 2 heterocycles. The molecule has 2 aromatic heterocycles. The van der Waals surface area contributed by atoms with E-state index in [1.54, 1.807) is 0 Å². The molecule has 0 fully saturated rings. The van der Waals surface area contributed by atoms with Crippen LogP contribution in [0.1, 0.15) is 10.4 Å². The van der Waals surface area contributed by atoms with Gasteiger partial charge in [-0.15, -0.1) is 5.69 Å². The van der Waals surface area contributed by atoms with Crippen LogP contribution in [0.2, 0.25) is 10.0 Å². The van der Waals surface area contributed by atoms with Gasteiger partial charge in [0.2, 0.25) is 0 Å². The summed E-state index contributed by atoms with van der Waals surface area (Å²) >= 11 is 12.1. The maximum absolute atomic E-state index is 13.1. The standard InChI is InChI=1S/C20H12Cl2F2N3O5S.Na/c1-33(29,30)27-9-2-4-14-11(6-9)16-10(3-5-15(18(16)31-14)32-20(23)24)19(28)26-17-12(21)7-25-8-13(17)22;/h2-8,20H,1H3,(H,25,26,28);/q-1;+1. The summed E-state index contributed by atoms with van der Waals surface area (Å²) < 4.78 is 62.8. The zero-order valence-electron chi connectivity index (χ0n) is 17.5. The number of fused-ring (bicyclic) bond motifs is 3. The number of hydrogen-bond donors (Lipinski definition) is 1. The number of nitrogens with one attached hydrogen (secondary N) is 1. The van der Waals surface area contributed by atoms with Gasteiger partial charge in [0.1, 0.15) is 5.58 Å². The van der Waals surface area contributed by atoms with E-state index < -0.39 is 22.5 Å². The molecular formula is C20H12Cl2F2N3NaO5S. The molecule has 172 valence electrons. The van der Waals surface area contributed by atoms with Gasteiger partial charge in [-0.3, -0.25) is 9.78 Å². The van der Waals surface area contributed by atoms with Gasteiger partial charge in [-0.2, -0.15) is 8.78 Å². The Morgan fingerprint density at radius 1 is 1.18 bits per heavy atom. The van der Waals surface area contributed by atoms with Crippen molar-refractivity contribution in [1.82, 2.24) is 4.98 Å². The summed E-state index contributed by atoms with van der Waals surface area (Å²) in [6.45, 7) is -3.15. The second-order valence-electron chi connectivity index (χ2n) is 6.73. The quantitative estimate of drug-likeness (QED) is 0.378. The van der Waals surface area contributed by atoms with E-state index in [4.69, 9.17) is 27.6 Å². The van der Waals surface area contributed by atoms with Crippen molar-refractivity contribution in [2.45, 2.75) is 6.61 Å². The van der Waals surface area contributed by atoms with Crippen LogP contribution >= 0.6 is 23.2 Å². The summed E-state index contributed by atoms with van der Waals surface area (Å²) in [6, 6.07) is 6.55. The largest absolute Gasteiger partial charge is 1.00 e. The van der Waals surface area contributed by atoms with E-state index in [0.29, 0.717) is 0 Å². The second kappa shape index (κ2) is 10.2. The summed E-state index contributed by atoms with van der Waals surface area (Å²) in [5.74, 6) is -0.999. The number of carbonyl (C=O) groups is 1. The Labute approximate surface area is 223 Å². The average Bonchev–Trinajstić information content (AvgIpc) is 3.09. The fourth-order valence-electron chi connectivity index (χ4n) is 3.18. The molecule has 0 aliphatic carbocycles. The number of ether oxygens (including phenoxy) is 1. The summed E-state index contributed by atoms with van der Waals surface area (Å²) in [5, 5.41) is 3.08. The third-order valence-corrected chi connectivity index (χ3v) is 5.51. The molecule has 4 aromatic rings. The summed E-state index contributed by atoms with van der Waals surface area (Å²) in [5.41, 5.74) is 0.211.